The zero-order valence-electron chi connectivity index (χ0n) is 18.7. The highest BCUT2D eigenvalue weighted by Crippen LogP contribution is 2.23. The number of nitrogens with zero attached hydrogens (tertiary/aromatic N) is 5. The minimum Gasteiger partial charge on any atom is -0.389 e. The van der Waals surface area contributed by atoms with E-state index in [1.54, 1.807) is 14.2 Å². The predicted octanol–water partition coefficient (Wildman–Crippen LogP) is 2.52. The zero-order valence-corrected chi connectivity index (χ0v) is 19.5. The Balaban J connectivity index is 2.13. The highest BCUT2D eigenvalue weighted by Gasteiger charge is 2.26. The number of carbonyl (C=O) groups excluding carboxylic acids is 1. The van der Waals surface area contributed by atoms with Gasteiger partial charge in [0.1, 0.15) is 5.52 Å². The second-order valence-corrected chi connectivity index (χ2v) is 8.17. The smallest absolute Gasteiger partial charge is 0.339 e. The molecule has 0 aliphatic rings. The number of methoxy groups -OCH3 is 1. The summed E-state index contributed by atoms with van der Waals surface area (Å²) in [4.78, 5) is 36.5. The van der Waals surface area contributed by atoms with E-state index in [9.17, 15) is 9.59 Å². The zero-order chi connectivity index (χ0) is 23.3. The number of fused-ring (bicyclic) bond motifs is 1. The Bertz CT molecular complexity index is 1140. The Morgan fingerprint density at radius 2 is 1.97 bits per heavy atom. The molecule has 1 amide bonds. The third kappa shape index (κ3) is 5.05. The first-order valence-corrected chi connectivity index (χ1v) is 11.2. The van der Waals surface area contributed by atoms with Crippen molar-refractivity contribution in [1.82, 2.24) is 24.0 Å². The first-order valence-electron chi connectivity index (χ1n) is 10.3. The molecule has 0 saturated heterocycles. The van der Waals surface area contributed by atoms with Crippen LogP contribution in [0, 0.1) is 6.92 Å². The summed E-state index contributed by atoms with van der Waals surface area (Å²) in [6.07, 6.45) is 0.916. The Labute approximate surface area is 190 Å². The van der Waals surface area contributed by atoms with Crippen LogP contribution in [0.3, 0.4) is 0 Å². The number of aryl methyl sites for hydroxylation is 1. The van der Waals surface area contributed by atoms with Gasteiger partial charge in [-0.05, 0) is 18.9 Å². The lowest BCUT2D eigenvalue weighted by Gasteiger charge is -2.16. The first-order chi connectivity index (χ1) is 15.4. The number of anilines is 1. The van der Waals surface area contributed by atoms with Gasteiger partial charge in [0.15, 0.2) is 11.5 Å². The lowest BCUT2D eigenvalue weighted by atomic mass is 10.1. The molecule has 0 atom stereocenters. The minimum atomic E-state index is -0.547. The van der Waals surface area contributed by atoms with Gasteiger partial charge < -0.3 is 19.6 Å². The number of ether oxygens (including phenoxy) is 1. The maximum atomic E-state index is 13.4. The average molecular weight is 461 g/mol. The van der Waals surface area contributed by atoms with Crippen LogP contribution in [0.4, 0.5) is 10.6 Å². The molecule has 0 saturated carbocycles. The number of hydrogen-bond donors (Lipinski definition) is 1. The average Bonchev–Trinajstić information content (AvgIpc) is 3.05. The summed E-state index contributed by atoms with van der Waals surface area (Å²) in [6, 6.07) is 7.28. The normalized spacial score (nSPS) is 11.1. The van der Waals surface area contributed by atoms with Crippen molar-refractivity contribution < 1.29 is 13.7 Å². The van der Waals surface area contributed by atoms with Crippen molar-refractivity contribution in [3.8, 4) is 6.01 Å². The molecule has 1 aromatic carbocycles. The Hall–Kier alpha value is -3.05. The maximum absolute atomic E-state index is 13.4. The summed E-state index contributed by atoms with van der Waals surface area (Å²) in [7, 11) is 3.13. The molecule has 0 spiro atoms. The number of carbonyl (C=O) groups is 1. The van der Waals surface area contributed by atoms with Crippen LogP contribution in [0.2, 0.25) is 0 Å². The fourth-order valence-electron chi connectivity index (χ4n) is 3.05. The van der Waals surface area contributed by atoms with E-state index in [0.717, 1.165) is 27.9 Å². The summed E-state index contributed by atoms with van der Waals surface area (Å²) in [5, 5.41) is 0. The van der Waals surface area contributed by atoms with Crippen LogP contribution in [-0.2, 0) is 11.3 Å². The van der Waals surface area contributed by atoms with Crippen LogP contribution in [0.1, 0.15) is 24.5 Å². The summed E-state index contributed by atoms with van der Waals surface area (Å²) < 4.78 is 13.0. The molecule has 3 aromatic rings. The van der Waals surface area contributed by atoms with Crippen molar-refractivity contribution in [3.05, 3.63) is 45.9 Å². The van der Waals surface area contributed by atoms with Crippen LogP contribution >= 0.6 is 12.0 Å². The molecule has 0 aliphatic carbocycles. The molecule has 0 radical (unpaired) electrons. The third-order valence-corrected chi connectivity index (χ3v) is 5.65. The van der Waals surface area contributed by atoms with Gasteiger partial charge in [-0.25, -0.2) is 14.2 Å². The molecule has 32 heavy (non-hydrogen) atoms. The van der Waals surface area contributed by atoms with E-state index in [1.165, 1.54) is 21.5 Å². The molecule has 0 fully saturated rings. The molecule has 0 unspecified atom stereocenters. The van der Waals surface area contributed by atoms with Crippen LogP contribution in [0.25, 0.3) is 11.2 Å². The number of aromatic nitrogens is 4. The summed E-state index contributed by atoms with van der Waals surface area (Å²) in [5.41, 5.74) is 8.03. The van der Waals surface area contributed by atoms with Crippen LogP contribution in [0.15, 0.2) is 29.1 Å². The molecule has 0 bridgehead atoms. The highest BCUT2D eigenvalue weighted by molar-refractivity contribution is 7.95. The third-order valence-electron chi connectivity index (χ3n) is 4.80. The lowest BCUT2D eigenvalue weighted by molar-refractivity contribution is 0.160. The van der Waals surface area contributed by atoms with Gasteiger partial charge in [-0.1, -0.05) is 36.8 Å². The molecule has 10 nitrogen and oxygen atoms in total. The second kappa shape index (κ2) is 10.5. The van der Waals surface area contributed by atoms with Crippen LogP contribution in [0.5, 0.6) is 6.01 Å². The largest absolute Gasteiger partial charge is 0.389 e. The quantitative estimate of drug-likeness (QED) is 0.382. The molecule has 2 heterocycles. The number of nitrogens with two attached hydrogens (primary N) is 1. The molecule has 2 N–H and O–H groups in total. The predicted molar refractivity (Wildman–Crippen MR) is 125 cm³/mol. The van der Waals surface area contributed by atoms with Crippen LogP contribution < -0.4 is 15.6 Å². The SMILES string of the molecule is CCCSOc1nc(N)c2c(n1)n(Cc1ccc(C)cc1)c(=O)n2C(=O)N(C)CCOC. The number of benzene rings is 1. The first kappa shape index (κ1) is 23.6. The number of imidazole rings is 1. The van der Waals surface area contributed by atoms with Crippen LogP contribution in [-0.4, -0.2) is 63.1 Å². The van der Waals surface area contributed by atoms with E-state index in [1.807, 2.05) is 38.1 Å². The van der Waals surface area contributed by atoms with Crippen molar-refractivity contribution in [2.75, 3.05) is 38.8 Å². The van der Waals surface area contributed by atoms with Gasteiger partial charge in [-0.2, -0.15) is 9.97 Å². The topological polar surface area (TPSA) is 118 Å². The van der Waals surface area contributed by atoms with Crippen molar-refractivity contribution in [3.63, 3.8) is 0 Å². The number of rotatable bonds is 9. The maximum Gasteiger partial charge on any atom is 0.339 e. The van der Waals surface area contributed by atoms with Gasteiger partial charge in [0.2, 0.25) is 0 Å². The van der Waals surface area contributed by atoms with Gasteiger partial charge in [-0.3, -0.25) is 4.57 Å². The molecular formula is C21H28N6O4S. The summed E-state index contributed by atoms with van der Waals surface area (Å²) in [6.45, 7) is 4.87. The van der Waals surface area contributed by atoms with Gasteiger partial charge in [0.05, 0.1) is 25.2 Å². The van der Waals surface area contributed by atoms with E-state index in [-0.39, 0.29) is 29.5 Å². The summed E-state index contributed by atoms with van der Waals surface area (Å²) in [5.74, 6) is 0.747. The van der Waals surface area contributed by atoms with Crippen molar-refractivity contribution in [2.45, 2.75) is 26.8 Å². The Morgan fingerprint density at radius 1 is 1.25 bits per heavy atom. The Morgan fingerprint density at radius 3 is 2.62 bits per heavy atom. The van der Waals surface area contributed by atoms with E-state index >= 15 is 0 Å². The number of nitrogen functional groups attached to an aromatic ring is 1. The second-order valence-electron chi connectivity index (χ2n) is 7.36. The molecule has 11 heteroatoms. The van der Waals surface area contributed by atoms with Gasteiger partial charge in [0.25, 0.3) is 0 Å². The molecule has 0 aliphatic heterocycles. The Kier molecular flexibility index (Phi) is 7.75. The van der Waals surface area contributed by atoms with Gasteiger partial charge >= 0.3 is 17.7 Å². The highest BCUT2D eigenvalue weighted by atomic mass is 32.2. The van der Waals surface area contributed by atoms with Crippen molar-refractivity contribution >= 4 is 35.1 Å². The number of amides is 1. The fraction of sp³-hybridized carbons (Fsp3) is 0.429. The van der Waals surface area contributed by atoms with Crippen molar-refractivity contribution in [2.24, 2.45) is 0 Å². The van der Waals surface area contributed by atoms with E-state index in [0.29, 0.717) is 13.2 Å². The van der Waals surface area contributed by atoms with E-state index < -0.39 is 11.7 Å². The minimum absolute atomic E-state index is 0.00431. The molecule has 3 rings (SSSR count). The monoisotopic (exact) mass is 460 g/mol. The molecule has 172 valence electrons. The molecule has 2 aromatic heterocycles. The lowest BCUT2D eigenvalue weighted by Crippen LogP contribution is -2.39. The van der Waals surface area contributed by atoms with Crippen molar-refractivity contribution in [1.29, 1.82) is 0 Å². The number of hydrogen-bond acceptors (Lipinski definition) is 8. The van der Waals surface area contributed by atoms with E-state index in [4.69, 9.17) is 14.7 Å². The van der Waals surface area contributed by atoms with Gasteiger partial charge in [-0.15, -0.1) is 0 Å². The van der Waals surface area contributed by atoms with E-state index in [2.05, 4.69) is 9.97 Å². The fourth-order valence-corrected chi connectivity index (χ4v) is 3.48. The summed E-state index contributed by atoms with van der Waals surface area (Å²) >= 11 is 1.20. The standard InChI is InChI=1S/C21H28N6O4S/c1-5-12-32-31-19-23-17(22)16-18(24-19)26(13-15-8-6-14(2)7-9-15)21(29)27(16)20(28)25(3)10-11-30-4/h6-9H,5,10-13H2,1-4H3,(H2,22,23,24). The van der Waals surface area contributed by atoms with Gasteiger partial charge in [0, 0.05) is 26.5 Å². The molecular weight excluding hydrogens is 432 g/mol. The number of likely N-dealkylation sites (N-methyl/N-ethyl adjacent to an activating group) is 1.